The van der Waals surface area contributed by atoms with Crippen LogP contribution in [0.2, 0.25) is 0 Å². The van der Waals surface area contributed by atoms with Crippen molar-refractivity contribution in [3.63, 3.8) is 0 Å². The first kappa shape index (κ1) is 20.3. The van der Waals surface area contributed by atoms with Crippen LogP contribution in [0.3, 0.4) is 0 Å². The Morgan fingerprint density at radius 2 is 1.64 bits per heavy atom. The van der Waals surface area contributed by atoms with Crippen molar-refractivity contribution in [1.82, 2.24) is 0 Å². The lowest BCUT2D eigenvalue weighted by atomic mass is 9.80. The average molecular weight is 383 g/mol. The Labute approximate surface area is 166 Å². The highest BCUT2D eigenvalue weighted by Crippen LogP contribution is 2.33. The van der Waals surface area contributed by atoms with Crippen molar-refractivity contribution in [3.05, 3.63) is 53.6 Å². The van der Waals surface area contributed by atoms with Crippen LogP contribution in [0.25, 0.3) is 11.1 Å². The van der Waals surface area contributed by atoms with Gasteiger partial charge in [-0.1, -0.05) is 51.2 Å². The molecule has 0 atom stereocenters. The molecule has 1 saturated carbocycles. The quantitative estimate of drug-likeness (QED) is 0.522. The molecule has 1 fully saturated rings. The van der Waals surface area contributed by atoms with Gasteiger partial charge in [-0.2, -0.15) is 5.26 Å². The number of hydrogen-bond acceptors (Lipinski definition) is 2. The van der Waals surface area contributed by atoms with Gasteiger partial charge in [-0.05, 0) is 54.5 Å². The van der Waals surface area contributed by atoms with E-state index in [2.05, 4.69) is 6.92 Å². The summed E-state index contributed by atoms with van der Waals surface area (Å²) in [6, 6.07) is 11.4. The molecule has 0 heterocycles. The zero-order valence-corrected chi connectivity index (χ0v) is 16.4. The summed E-state index contributed by atoms with van der Waals surface area (Å²) in [6.45, 7) is 2.96. The first-order valence-corrected chi connectivity index (χ1v) is 10.2. The van der Waals surface area contributed by atoms with Gasteiger partial charge in [0.1, 0.15) is 11.8 Å². The fourth-order valence-corrected chi connectivity index (χ4v) is 3.98. The summed E-state index contributed by atoms with van der Waals surface area (Å²) in [5, 5.41) is 8.79. The summed E-state index contributed by atoms with van der Waals surface area (Å²) in [4.78, 5) is 0. The molecule has 2 aromatic rings. The summed E-state index contributed by atoms with van der Waals surface area (Å²) in [7, 11) is 0. The molecule has 1 aliphatic carbocycles. The van der Waals surface area contributed by atoms with Crippen LogP contribution in [-0.2, 0) is 0 Å². The second kappa shape index (κ2) is 9.68. The van der Waals surface area contributed by atoms with Gasteiger partial charge in [0.05, 0.1) is 12.2 Å². The maximum Gasteiger partial charge on any atom is 0.177 e. The lowest BCUT2D eigenvalue weighted by Crippen LogP contribution is -2.20. The summed E-state index contributed by atoms with van der Waals surface area (Å²) < 4.78 is 33.9. The van der Waals surface area contributed by atoms with Crippen molar-refractivity contribution >= 4 is 0 Å². The van der Waals surface area contributed by atoms with Gasteiger partial charge in [0.25, 0.3) is 0 Å². The van der Waals surface area contributed by atoms with Crippen LogP contribution in [0.1, 0.15) is 57.4 Å². The molecule has 4 heteroatoms. The SMILES string of the molecule is CCCC[C@H]1CC[C@H](COc2ccc(-c3ccc(C#N)c(F)c3F)cc2)CC1. The Balaban J connectivity index is 1.55. The molecule has 0 bridgehead atoms. The zero-order chi connectivity index (χ0) is 19.9. The number of nitrogens with zero attached hydrogens (tertiary/aromatic N) is 1. The lowest BCUT2D eigenvalue weighted by Gasteiger charge is -2.28. The molecule has 2 nitrogen and oxygen atoms in total. The monoisotopic (exact) mass is 383 g/mol. The number of unbranched alkanes of at least 4 members (excludes halogenated alkanes) is 1. The van der Waals surface area contributed by atoms with E-state index >= 15 is 0 Å². The molecule has 0 unspecified atom stereocenters. The van der Waals surface area contributed by atoms with Gasteiger partial charge >= 0.3 is 0 Å². The van der Waals surface area contributed by atoms with Gasteiger partial charge in [0.2, 0.25) is 0 Å². The molecule has 0 aliphatic heterocycles. The largest absolute Gasteiger partial charge is 0.493 e. The minimum Gasteiger partial charge on any atom is -0.493 e. The van der Waals surface area contributed by atoms with Gasteiger partial charge in [-0.3, -0.25) is 0 Å². The van der Waals surface area contributed by atoms with Gasteiger partial charge in [0, 0.05) is 5.56 Å². The first-order valence-electron chi connectivity index (χ1n) is 10.2. The fraction of sp³-hybridized carbons (Fsp3) is 0.458. The first-order chi connectivity index (χ1) is 13.6. The van der Waals surface area contributed by atoms with E-state index in [-0.39, 0.29) is 11.1 Å². The molecule has 3 rings (SSSR count). The number of benzene rings is 2. The van der Waals surface area contributed by atoms with Gasteiger partial charge in [0.15, 0.2) is 11.6 Å². The van der Waals surface area contributed by atoms with Crippen LogP contribution >= 0.6 is 0 Å². The molecule has 148 valence electrons. The van der Waals surface area contributed by atoms with Crippen molar-refractivity contribution in [2.75, 3.05) is 6.61 Å². The standard InChI is InChI=1S/C24H27F2NO/c1-2-3-4-17-5-7-18(8-6-17)16-28-21-12-9-19(10-13-21)22-14-11-20(15-27)23(25)24(22)26/h9-14,17-18H,2-8,16H2,1H3/t17-,18-. The molecule has 1 aliphatic rings. The van der Waals surface area contributed by atoms with E-state index < -0.39 is 11.6 Å². The number of rotatable bonds is 7. The Bertz CT molecular complexity index is 818. The smallest absolute Gasteiger partial charge is 0.177 e. The predicted octanol–water partition coefficient (Wildman–Crippen LogP) is 6.88. The van der Waals surface area contributed by atoms with E-state index in [9.17, 15) is 8.78 Å². The van der Waals surface area contributed by atoms with E-state index in [4.69, 9.17) is 10.00 Å². The fourth-order valence-electron chi connectivity index (χ4n) is 3.98. The van der Waals surface area contributed by atoms with Crippen LogP contribution in [0.5, 0.6) is 5.75 Å². The molecule has 0 spiro atoms. The van der Waals surface area contributed by atoms with E-state index in [1.54, 1.807) is 30.3 Å². The van der Waals surface area contributed by atoms with Crippen molar-refractivity contribution in [1.29, 1.82) is 5.26 Å². The minimum absolute atomic E-state index is 0.147. The van der Waals surface area contributed by atoms with Gasteiger partial charge in [-0.15, -0.1) is 0 Å². The van der Waals surface area contributed by atoms with Crippen LogP contribution in [-0.4, -0.2) is 6.61 Å². The Morgan fingerprint density at radius 1 is 0.964 bits per heavy atom. The van der Waals surface area contributed by atoms with Crippen LogP contribution in [0.15, 0.2) is 36.4 Å². The van der Waals surface area contributed by atoms with E-state index in [1.165, 1.54) is 57.1 Å². The third kappa shape index (κ3) is 4.90. The number of halogens is 2. The third-order valence-corrected chi connectivity index (χ3v) is 5.79. The zero-order valence-electron chi connectivity index (χ0n) is 16.4. The molecule has 0 aromatic heterocycles. The minimum atomic E-state index is -1.10. The lowest BCUT2D eigenvalue weighted by molar-refractivity contribution is 0.178. The molecule has 2 aromatic carbocycles. The second-order valence-corrected chi connectivity index (χ2v) is 7.76. The molecule has 0 radical (unpaired) electrons. The molecule has 0 N–H and O–H groups in total. The van der Waals surface area contributed by atoms with Crippen LogP contribution < -0.4 is 4.74 Å². The highest BCUT2D eigenvalue weighted by molar-refractivity contribution is 5.66. The summed E-state index contributed by atoms with van der Waals surface area (Å²) in [5.74, 6) is 0.134. The summed E-state index contributed by atoms with van der Waals surface area (Å²) >= 11 is 0. The van der Waals surface area contributed by atoms with Crippen molar-refractivity contribution in [2.45, 2.75) is 51.9 Å². The predicted molar refractivity (Wildman–Crippen MR) is 107 cm³/mol. The highest BCUT2D eigenvalue weighted by atomic mass is 19.2. The molecule has 0 amide bonds. The highest BCUT2D eigenvalue weighted by Gasteiger charge is 2.21. The molecule has 0 saturated heterocycles. The Hall–Kier alpha value is -2.41. The summed E-state index contributed by atoms with van der Waals surface area (Å²) in [5.41, 5.74) is 0.420. The number of hydrogen-bond donors (Lipinski definition) is 0. The second-order valence-electron chi connectivity index (χ2n) is 7.76. The molecular formula is C24H27F2NO. The topological polar surface area (TPSA) is 33.0 Å². The van der Waals surface area contributed by atoms with Gasteiger partial charge in [-0.25, -0.2) is 8.78 Å². The van der Waals surface area contributed by atoms with E-state index in [0.29, 0.717) is 18.1 Å². The van der Waals surface area contributed by atoms with Crippen molar-refractivity contribution in [2.24, 2.45) is 11.8 Å². The Morgan fingerprint density at radius 3 is 2.29 bits per heavy atom. The third-order valence-electron chi connectivity index (χ3n) is 5.79. The summed E-state index contributed by atoms with van der Waals surface area (Å²) in [6.07, 6.45) is 9.02. The maximum atomic E-state index is 14.2. The maximum absolute atomic E-state index is 14.2. The van der Waals surface area contributed by atoms with Crippen molar-refractivity contribution < 1.29 is 13.5 Å². The number of nitriles is 1. The Kier molecular flexibility index (Phi) is 7.03. The van der Waals surface area contributed by atoms with E-state index in [1.807, 2.05) is 0 Å². The van der Waals surface area contributed by atoms with Crippen LogP contribution in [0.4, 0.5) is 8.78 Å². The normalized spacial score (nSPS) is 19.2. The van der Waals surface area contributed by atoms with E-state index in [0.717, 1.165) is 11.7 Å². The number of ether oxygens (including phenoxy) is 1. The molecular weight excluding hydrogens is 356 g/mol. The van der Waals surface area contributed by atoms with Crippen molar-refractivity contribution in [3.8, 4) is 22.9 Å². The average Bonchev–Trinajstić information content (AvgIpc) is 2.74. The molecule has 28 heavy (non-hydrogen) atoms. The van der Waals surface area contributed by atoms with Gasteiger partial charge < -0.3 is 4.74 Å². The van der Waals surface area contributed by atoms with Crippen LogP contribution in [0, 0.1) is 34.8 Å².